The molecule has 0 spiro atoms. The molecule has 3 aliphatic rings. The summed E-state index contributed by atoms with van der Waals surface area (Å²) in [5.74, 6) is 1.84. The van der Waals surface area contributed by atoms with Gasteiger partial charge in [0, 0.05) is 35.9 Å². The normalized spacial score (nSPS) is 35.2. The van der Waals surface area contributed by atoms with E-state index in [1.807, 2.05) is 14.1 Å². The second kappa shape index (κ2) is 7.36. The third-order valence-electron chi connectivity index (χ3n) is 7.47. The first-order valence-electron chi connectivity index (χ1n) is 10.0. The van der Waals surface area contributed by atoms with Crippen molar-refractivity contribution >= 4 is 21.2 Å². The van der Waals surface area contributed by atoms with Crippen molar-refractivity contribution in [2.45, 2.75) is 64.9 Å². The monoisotopic (exact) mass is 379 g/mol. The Hall–Kier alpha value is -0.730. The number of Topliss-reactive ketones (excluding diaryl/α,β-unsaturated/α-hetero) is 1. The van der Waals surface area contributed by atoms with Crippen LogP contribution in [0.25, 0.3) is 0 Å². The average molecular weight is 379 g/mol. The third-order valence-corrected chi connectivity index (χ3v) is 7.77. The molecule has 1 amide bonds. The lowest BCUT2D eigenvalue weighted by molar-refractivity contribution is -0.137. The number of ketones is 1. The van der Waals surface area contributed by atoms with Crippen LogP contribution in [0.1, 0.15) is 58.8 Å². The smallest absolute Gasteiger partial charge is 0.231 e. The minimum atomic E-state index is -0.385. The molecule has 4 unspecified atom stereocenters. The van der Waals surface area contributed by atoms with Gasteiger partial charge in [-0.3, -0.25) is 9.59 Å². The Morgan fingerprint density at radius 3 is 2.54 bits per heavy atom. The van der Waals surface area contributed by atoms with E-state index >= 15 is 0 Å². The average Bonchev–Trinajstić information content (AvgIpc) is 3.31. The molecule has 6 atom stereocenters. The van der Waals surface area contributed by atoms with Crippen LogP contribution < -0.4 is 0 Å². The molecule has 0 saturated heterocycles. The molecule has 4 nitrogen and oxygen atoms in total. The summed E-state index contributed by atoms with van der Waals surface area (Å²) >= 11 is 0. The van der Waals surface area contributed by atoms with E-state index in [0.717, 1.165) is 38.5 Å². The molecule has 3 aliphatic carbocycles. The molecular formula is C21H34NO3P. The number of carbonyl (C=O) groups is 2. The first-order chi connectivity index (χ1) is 12.3. The molecule has 5 heteroatoms. The van der Waals surface area contributed by atoms with Crippen LogP contribution in [-0.2, 0) is 14.1 Å². The van der Waals surface area contributed by atoms with Gasteiger partial charge in [0.25, 0.3) is 0 Å². The van der Waals surface area contributed by atoms with Crippen molar-refractivity contribution in [1.29, 1.82) is 0 Å². The molecule has 3 rings (SSSR count). The van der Waals surface area contributed by atoms with Gasteiger partial charge in [0.15, 0.2) is 0 Å². The van der Waals surface area contributed by atoms with Crippen molar-refractivity contribution in [1.82, 2.24) is 4.90 Å². The summed E-state index contributed by atoms with van der Waals surface area (Å²) in [6, 6.07) is 0. The van der Waals surface area contributed by atoms with E-state index in [4.69, 9.17) is 4.52 Å². The first-order valence-corrected chi connectivity index (χ1v) is 10.5. The van der Waals surface area contributed by atoms with Crippen molar-refractivity contribution in [3.63, 3.8) is 0 Å². The third kappa shape index (κ3) is 3.29. The predicted octanol–water partition coefficient (Wildman–Crippen LogP) is 4.01. The molecular weight excluding hydrogens is 345 g/mol. The molecule has 0 bridgehead atoms. The van der Waals surface area contributed by atoms with E-state index < -0.39 is 0 Å². The van der Waals surface area contributed by atoms with Gasteiger partial charge in [-0.25, -0.2) is 0 Å². The summed E-state index contributed by atoms with van der Waals surface area (Å²) in [4.78, 5) is 26.6. The molecule has 0 N–H and O–H groups in total. The fourth-order valence-corrected chi connectivity index (χ4v) is 6.16. The quantitative estimate of drug-likeness (QED) is 0.517. The van der Waals surface area contributed by atoms with Gasteiger partial charge in [-0.2, -0.15) is 0 Å². The number of fused-ring (bicyclic) bond motifs is 1. The Morgan fingerprint density at radius 1 is 1.27 bits per heavy atom. The zero-order chi connectivity index (χ0) is 19.1. The Balaban J connectivity index is 1.72. The van der Waals surface area contributed by atoms with E-state index in [2.05, 4.69) is 35.5 Å². The largest absolute Gasteiger partial charge is 0.357 e. The van der Waals surface area contributed by atoms with E-state index in [-0.39, 0.29) is 28.8 Å². The Bertz CT molecular complexity index is 598. The zero-order valence-electron chi connectivity index (χ0n) is 16.7. The maximum atomic E-state index is 12.6. The first kappa shape index (κ1) is 20.0. The predicted molar refractivity (Wildman–Crippen MR) is 106 cm³/mol. The molecule has 0 aromatic carbocycles. The molecule has 0 radical (unpaired) electrons. The van der Waals surface area contributed by atoms with Crippen LogP contribution in [0.4, 0.5) is 0 Å². The van der Waals surface area contributed by atoms with Crippen molar-refractivity contribution in [2.75, 3.05) is 14.1 Å². The Kier molecular flexibility index (Phi) is 5.66. The highest BCUT2D eigenvalue weighted by Crippen LogP contribution is 2.57. The van der Waals surface area contributed by atoms with E-state index in [1.165, 1.54) is 6.42 Å². The van der Waals surface area contributed by atoms with Crippen LogP contribution in [-0.4, -0.2) is 36.8 Å². The number of nitrogens with zero attached hydrogens (tertiary/aromatic N) is 1. The maximum Gasteiger partial charge on any atom is 0.231 e. The minimum absolute atomic E-state index is 0.146. The van der Waals surface area contributed by atoms with Gasteiger partial charge in [-0.05, 0) is 55.8 Å². The number of hydrogen-bond acceptors (Lipinski definition) is 3. The summed E-state index contributed by atoms with van der Waals surface area (Å²) in [6.07, 6.45) is 11.1. The number of carbonyl (C=O) groups excluding carboxylic acids is 2. The van der Waals surface area contributed by atoms with Crippen LogP contribution in [0.15, 0.2) is 12.2 Å². The van der Waals surface area contributed by atoms with E-state index in [1.54, 1.807) is 4.90 Å². The highest BCUT2D eigenvalue weighted by Gasteiger charge is 2.56. The van der Waals surface area contributed by atoms with Gasteiger partial charge >= 0.3 is 0 Å². The molecule has 0 aliphatic heterocycles. The molecule has 0 aromatic rings. The fraction of sp³-hybridized carbons (Fsp3) is 0.810. The summed E-state index contributed by atoms with van der Waals surface area (Å²) in [5.41, 5.74) is -0.239. The molecule has 0 heterocycles. The van der Waals surface area contributed by atoms with Gasteiger partial charge in [-0.15, -0.1) is 0 Å². The lowest BCUT2D eigenvalue weighted by Gasteiger charge is -2.41. The SMILES string of the molecule is C[C@H](/C=C/C(OP)C1(C(=O)N(C)C)CC1)C1CCC2C(=O)CCC[C@@]21C. The number of amides is 1. The summed E-state index contributed by atoms with van der Waals surface area (Å²) < 4.78 is 5.64. The number of allylic oxidation sites excluding steroid dienone is 1. The lowest BCUT2D eigenvalue weighted by Crippen LogP contribution is -2.39. The van der Waals surface area contributed by atoms with Crippen molar-refractivity contribution in [2.24, 2.45) is 28.6 Å². The summed E-state index contributed by atoms with van der Waals surface area (Å²) in [6.45, 7) is 4.60. The fourth-order valence-electron chi connectivity index (χ4n) is 5.80. The second-order valence-corrected chi connectivity index (χ2v) is 9.49. The lowest BCUT2D eigenvalue weighted by atomic mass is 9.62. The van der Waals surface area contributed by atoms with Crippen LogP contribution in [0, 0.1) is 28.6 Å². The van der Waals surface area contributed by atoms with Crippen LogP contribution >= 0.6 is 9.47 Å². The molecule has 3 fully saturated rings. The van der Waals surface area contributed by atoms with Crippen LogP contribution in [0.3, 0.4) is 0 Å². The van der Waals surface area contributed by atoms with Crippen LogP contribution in [0.2, 0.25) is 0 Å². The van der Waals surface area contributed by atoms with Gasteiger partial charge in [0.05, 0.1) is 11.5 Å². The summed E-state index contributed by atoms with van der Waals surface area (Å²) in [7, 11) is 5.97. The summed E-state index contributed by atoms with van der Waals surface area (Å²) in [5, 5.41) is 0. The minimum Gasteiger partial charge on any atom is -0.357 e. The number of rotatable bonds is 6. The van der Waals surface area contributed by atoms with Crippen molar-refractivity contribution < 1.29 is 14.1 Å². The zero-order valence-corrected chi connectivity index (χ0v) is 17.8. The molecule has 0 aromatic heterocycles. The van der Waals surface area contributed by atoms with Crippen molar-refractivity contribution in [3.05, 3.63) is 12.2 Å². The standard InChI is InChI=1S/C21H34NO3P/c1-14(15-8-9-16-17(23)6-5-11-20(15,16)2)7-10-18(25-26)21(12-13-21)19(24)22(3)4/h7,10,14-16,18H,5-6,8-9,11-13,26H2,1-4H3/b10-7+/t14-,15?,16?,18?,20-/m1/s1. The topological polar surface area (TPSA) is 46.6 Å². The van der Waals surface area contributed by atoms with Gasteiger partial charge < -0.3 is 9.42 Å². The van der Waals surface area contributed by atoms with Crippen molar-refractivity contribution in [3.8, 4) is 0 Å². The van der Waals surface area contributed by atoms with Gasteiger partial charge in [0.1, 0.15) is 5.78 Å². The molecule has 146 valence electrons. The van der Waals surface area contributed by atoms with Gasteiger partial charge in [0.2, 0.25) is 5.91 Å². The molecule has 3 saturated carbocycles. The highest BCUT2D eigenvalue weighted by atomic mass is 31.0. The van der Waals surface area contributed by atoms with Gasteiger partial charge in [-0.1, -0.05) is 26.0 Å². The number of hydrogen-bond donors (Lipinski definition) is 0. The van der Waals surface area contributed by atoms with E-state index in [9.17, 15) is 9.59 Å². The van der Waals surface area contributed by atoms with Crippen LogP contribution in [0.5, 0.6) is 0 Å². The Morgan fingerprint density at radius 2 is 1.96 bits per heavy atom. The maximum absolute atomic E-state index is 12.6. The highest BCUT2D eigenvalue weighted by molar-refractivity contribution is 7.09. The Labute approximate surface area is 160 Å². The molecule has 26 heavy (non-hydrogen) atoms. The second-order valence-electron chi connectivity index (χ2n) is 9.22. The van der Waals surface area contributed by atoms with E-state index in [0.29, 0.717) is 17.6 Å².